The largest absolute Gasteiger partial charge is 0.491 e. The molecule has 0 amide bonds. The fraction of sp³-hybridized carbons (Fsp3) is 0.533. The highest BCUT2D eigenvalue weighted by atomic mass is 16.5. The topological polar surface area (TPSA) is 67.8 Å². The SMILES string of the molecule is CNC(CC(=O)OC)C(O)c1ccc(OC(C)C)cc1. The van der Waals surface area contributed by atoms with Crippen LogP contribution in [-0.4, -0.2) is 37.4 Å². The Hall–Kier alpha value is -1.59. The number of methoxy groups -OCH3 is 1. The second kappa shape index (κ2) is 7.87. The molecule has 0 aromatic heterocycles. The minimum absolute atomic E-state index is 0.107. The Morgan fingerprint density at radius 3 is 2.35 bits per heavy atom. The molecule has 0 bridgehead atoms. The summed E-state index contributed by atoms with van der Waals surface area (Å²) in [5.41, 5.74) is 0.726. The van der Waals surface area contributed by atoms with Crippen LogP contribution < -0.4 is 10.1 Å². The molecule has 2 atom stereocenters. The van der Waals surface area contributed by atoms with Gasteiger partial charge in [-0.2, -0.15) is 0 Å². The van der Waals surface area contributed by atoms with Crippen molar-refractivity contribution in [3.05, 3.63) is 29.8 Å². The van der Waals surface area contributed by atoms with Gasteiger partial charge < -0.3 is 19.9 Å². The molecule has 5 heteroatoms. The van der Waals surface area contributed by atoms with E-state index in [4.69, 9.17) is 4.74 Å². The lowest BCUT2D eigenvalue weighted by atomic mass is 10.00. The summed E-state index contributed by atoms with van der Waals surface area (Å²) in [6, 6.07) is 6.82. The summed E-state index contributed by atoms with van der Waals surface area (Å²) in [6.45, 7) is 3.91. The summed E-state index contributed by atoms with van der Waals surface area (Å²) in [4.78, 5) is 11.3. The molecule has 0 aliphatic heterocycles. The van der Waals surface area contributed by atoms with Crippen LogP contribution in [0.15, 0.2) is 24.3 Å². The number of carbonyl (C=O) groups excluding carboxylic acids is 1. The lowest BCUT2D eigenvalue weighted by molar-refractivity contribution is -0.142. The maximum absolute atomic E-state index is 11.3. The smallest absolute Gasteiger partial charge is 0.307 e. The summed E-state index contributed by atoms with van der Waals surface area (Å²) in [7, 11) is 3.03. The Morgan fingerprint density at radius 2 is 1.90 bits per heavy atom. The summed E-state index contributed by atoms with van der Waals surface area (Å²) in [5.74, 6) is 0.396. The van der Waals surface area contributed by atoms with Crippen LogP contribution >= 0.6 is 0 Å². The third-order valence-corrected chi connectivity index (χ3v) is 2.96. The van der Waals surface area contributed by atoms with Crippen LogP contribution in [0.3, 0.4) is 0 Å². The molecule has 0 aliphatic rings. The quantitative estimate of drug-likeness (QED) is 0.744. The highest BCUT2D eigenvalue weighted by Gasteiger charge is 2.22. The lowest BCUT2D eigenvalue weighted by Gasteiger charge is -2.22. The Morgan fingerprint density at radius 1 is 1.30 bits per heavy atom. The minimum Gasteiger partial charge on any atom is -0.491 e. The van der Waals surface area contributed by atoms with Gasteiger partial charge in [0.2, 0.25) is 0 Å². The first kappa shape index (κ1) is 16.5. The first-order valence-corrected chi connectivity index (χ1v) is 6.66. The van der Waals surface area contributed by atoms with Gasteiger partial charge in [0.15, 0.2) is 0 Å². The number of ether oxygens (including phenoxy) is 2. The van der Waals surface area contributed by atoms with E-state index in [9.17, 15) is 9.90 Å². The van der Waals surface area contributed by atoms with E-state index in [0.29, 0.717) is 0 Å². The average molecular weight is 281 g/mol. The van der Waals surface area contributed by atoms with Crippen molar-refractivity contribution in [3.63, 3.8) is 0 Å². The highest BCUT2D eigenvalue weighted by molar-refractivity contribution is 5.70. The summed E-state index contributed by atoms with van der Waals surface area (Å²) in [6.07, 6.45) is -0.569. The molecule has 2 N–H and O–H groups in total. The number of hydrogen-bond acceptors (Lipinski definition) is 5. The van der Waals surface area contributed by atoms with Crippen molar-refractivity contribution in [2.45, 2.75) is 38.5 Å². The molecule has 0 heterocycles. The molecule has 0 saturated carbocycles. The molecule has 0 fully saturated rings. The van der Waals surface area contributed by atoms with Gasteiger partial charge in [-0.1, -0.05) is 12.1 Å². The van der Waals surface area contributed by atoms with Crippen molar-refractivity contribution in [3.8, 4) is 5.75 Å². The van der Waals surface area contributed by atoms with Crippen molar-refractivity contribution >= 4 is 5.97 Å². The predicted octanol–water partition coefficient (Wildman–Crippen LogP) is 1.66. The van der Waals surface area contributed by atoms with Gasteiger partial charge in [0, 0.05) is 6.04 Å². The lowest BCUT2D eigenvalue weighted by Crippen LogP contribution is -2.34. The molecular weight excluding hydrogens is 258 g/mol. The number of carbonyl (C=O) groups is 1. The van der Waals surface area contributed by atoms with Crippen LogP contribution in [0.2, 0.25) is 0 Å². The van der Waals surface area contributed by atoms with E-state index in [1.807, 2.05) is 26.0 Å². The first-order chi connectivity index (χ1) is 9.47. The van der Waals surface area contributed by atoms with Crippen molar-refractivity contribution in [1.82, 2.24) is 5.32 Å². The van der Waals surface area contributed by atoms with Gasteiger partial charge in [0.25, 0.3) is 0 Å². The highest BCUT2D eigenvalue weighted by Crippen LogP contribution is 2.22. The fourth-order valence-electron chi connectivity index (χ4n) is 1.88. The zero-order valence-corrected chi connectivity index (χ0v) is 12.4. The number of likely N-dealkylation sites (N-methyl/N-ethyl adjacent to an activating group) is 1. The van der Waals surface area contributed by atoms with E-state index in [1.54, 1.807) is 19.2 Å². The van der Waals surface area contributed by atoms with Crippen molar-refractivity contribution < 1.29 is 19.4 Å². The van der Waals surface area contributed by atoms with Gasteiger partial charge >= 0.3 is 5.97 Å². The van der Waals surface area contributed by atoms with Gasteiger partial charge in [-0.3, -0.25) is 4.79 Å². The third kappa shape index (κ3) is 4.83. The summed E-state index contributed by atoms with van der Waals surface area (Å²) < 4.78 is 10.2. The zero-order chi connectivity index (χ0) is 15.1. The Kier molecular flexibility index (Phi) is 6.48. The number of nitrogens with one attached hydrogen (secondary N) is 1. The monoisotopic (exact) mass is 281 g/mol. The zero-order valence-electron chi connectivity index (χ0n) is 12.4. The fourth-order valence-corrected chi connectivity index (χ4v) is 1.88. The van der Waals surface area contributed by atoms with Crippen LogP contribution in [0.5, 0.6) is 5.75 Å². The van der Waals surface area contributed by atoms with Gasteiger partial charge in [0.05, 0.1) is 25.7 Å². The summed E-state index contributed by atoms with van der Waals surface area (Å²) in [5, 5.41) is 13.2. The Balaban J connectivity index is 2.74. The van der Waals surface area contributed by atoms with E-state index in [0.717, 1.165) is 11.3 Å². The number of benzene rings is 1. The number of aliphatic hydroxyl groups is 1. The van der Waals surface area contributed by atoms with Gasteiger partial charge in [-0.15, -0.1) is 0 Å². The van der Waals surface area contributed by atoms with E-state index >= 15 is 0 Å². The van der Waals surface area contributed by atoms with Crippen LogP contribution in [0.4, 0.5) is 0 Å². The average Bonchev–Trinajstić information content (AvgIpc) is 2.44. The van der Waals surface area contributed by atoms with Crippen LogP contribution in [0.1, 0.15) is 31.9 Å². The molecule has 2 unspecified atom stereocenters. The predicted molar refractivity (Wildman–Crippen MR) is 76.6 cm³/mol. The first-order valence-electron chi connectivity index (χ1n) is 6.66. The molecular formula is C15H23NO4. The molecule has 20 heavy (non-hydrogen) atoms. The van der Waals surface area contributed by atoms with Gasteiger partial charge in [-0.05, 0) is 38.6 Å². The number of esters is 1. The standard InChI is InChI=1S/C15H23NO4/c1-10(2)20-12-7-5-11(6-8-12)15(18)13(16-3)9-14(17)19-4/h5-8,10,13,15-16,18H,9H2,1-4H3. The molecule has 0 aliphatic carbocycles. The van der Waals surface area contributed by atoms with E-state index in [-0.39, 0.29) is 24.5 Å². The van der Waals surface area contributed by atoms with E-state index < -0.39 is 6.10 Å². The second-order valence-corrected chi connectivity index (χ2v) is 4.86. The van der Waals surface area contributed by atoms with E-state index in [1.165, 1.54) is 7.11 Å². The van der Waals surface area contributed by atoms with E-state index in [2.05, 4.69) is 10.1 Å². The van der Waals surface area contributed by atoms with Gasteiger partial charge in [-0.25, -0.2) is 0 Å². The van der Waals surface area contributed by atoms with Crippen molar-refractivity contribution in [2.75, 3.05) is 14.2 Å². The Labute approximate surface area is 119 Å². The maximum atomic E-state index is 11.3. The summed E-state index contributed by atoms with van der Waals surface area (Å²) >= 11 is 0. The molecule has 1 rings (SSSR count). The number of aliphatic hydroxyl groups excluding tert-OH is 1. The molecule has 0 spiro atoms. The molecule has 112 valence electrons. The molecule has 0 radical (unpaired) electrons. The van der Waals surface area contributed by atoms with Crippen molar-refractivity contribution in [1.29, 1.82) is 0 Å². The molecule has 1 aromatic carbocycles. The van der Waals surface area contributed by atoms with Crippen LogP contribution in [0, 0.1) is 0 Å². The second-order valence-electron chi connectivity index (χ2n) is 4.86. The molecule has 0 saturated heterocycles. The molecule has 5 nitrogen and oxygen atoms in total. The van der Waals surface area contributed by atoms with Crippen molar-refractivity contribution in [2.24, 2.45) is 0 Å². The van der Waals surface area contributed by atoms with Crippen LogP contribution in [-0.2, 0) is 9.53 Å². The minimum atomic E-state index is -0.785. The normalized spacial score (nSPS) is 13.9. The third-order valence-electron chi connectivity index (χ3n) is 2.96. The van der Waals surface area contributed by atoms with Gasteiger partial charge in [0.1, 0.15) is 5.75 Å². The van der Waals surface area contributed by atoms with Crippen LogP contribution in [0.25, 0.3) is 0 Å². The number of hydrogen-bond donors (Lipinski definition) is 2. The number of rotatable bonds is 7. The molecule has 1 aromatic rings. The maximum Gasteiger partial charge on any atom is 0.307 e. The Bertz CT molecular complexity index is 416.